The van der Waals surface area contributed by atoms with E-state index in [-0.39, 0.29) is 50.5 Å². The number of carboxylic acid groups (broad SMARTS) is 1. The standard InChI is InChI=1S/C30H51N9O12/c1-17(35-28(49)21(37-24(44)13-31)8-4-6-10-32-18(2)42)27(48)34-14-25(45)38-22(9-5-7-11-33-19(3)43)29(50)39-23(12-26(46)47)30(51)36-20(15-40)16-41/h15,17,20-23,41H,4-14,16,31H2,1-3H3,(H,32,42)(H,33,43)(H,34,48)(H,35,49)(H,36,51)(H,37,44)(H,38,45)(H,39,50)(H,46,47)/t17-,20+,21-,22-,23-/m0/s1. The summed E-state index contributed by atoms with van der Waals surface area (Å²) in [5.41, 5.74) is 5.34. The molecule has 12 N–H and O–H groups in total. The minimum atomic E-state index is -1.69. The lowest BCUT2D eigenvalue weighted by atomic mass is 10.1. The van der Waals surface area contributed by atoms with Crippen molar-refractivity contribution in [3.63, 3.8) is 0 Å². The zero-order valence-corrected chi connectivity index (χ0v) is 29.0. The van der Waals surface area contributed by atoms with Gasteiger partial charge in [0.15, 0.2) is 0 Å². The topological polar surface area (TPSA) is 333 Å². The predicted octanol–water partition coefficient (Wildman–Crippen LogP) is -5.22. The van der Waals surface area contributed by atoms with E-state index >= 15 is 0 Å². The highest BCUT2D eigenvalue weighted by Gasteiger charge is 2.30. The molecule has 0 unspecified atom stereocenters. The van der Waals surface area contributed by atoms with E-state index in [2.05, 4.69) is 42.5 Å². The Hall–Kier alpha value is -5.18. The first-order valence-corrected chi connectivity index (χ1v) is 16.3. The number of aliphatic carboxylic acids is 1. The van der Waals surface area contributed by atoms with Crippen LogP contribution in [0.1, 0.15) is 65.7 Å². The molecule has 0 aromatic carbocycles. The van der Waals surface area contributed by atoms with Crippen molar-refractivity contribution in [3.05, 3.63) is 0 Å². The Kier molecular flexibility index (Phi) is 23.1. The molecule has 5 atom stereocenters. The number of carboxylic acids is 1. The van der Waals surface area contributed by atoms with Crippen LogP contribution in [0.4, 0.5) is 0 Å². The van der Waals surface area contributed by atoms with Gasteiger partial charge in [0.1, 0.15) is 36.5 Å². The summed E-state index contributed by atoms with van der Waals surface area (Å²) >= 11 is 0. The van der Waals surface area contributed by atoms with Gasteiger partial charge in [-0.2, -0.15) is 0 Å². The van der Waals surface area contributed by atoms with Gasteiger partial charge in [-0.1, -0.05) is 0 Å². The van der Waals surface area contributed by atoms with Gasteiger partial charge in [-0.3, -0.25) is 43.2 Å². The van der Waals surface area contributed by atoms with Crippen molar-refractivity contribution < 1.29 is 58.2 Å². The molecule has 0 aliphatic rings. The average Bonchev–Trinajstić information content (AvgIpc) is 3.06. The van der Waals surface area contributed by atoms with E-state index in [1.54, 1.807) is 0 Å². The molecule has 0 radical (unpaired) electrons. The molecule has 288 valence electrons. The van der Waals surface area contributed by atoms with Crippen LogP contribution in [0.25, 0.3) is 0 Å². The second kappa shape index (κ2) is 25.7. The summed E-state index contributed by atoms with van der Waals surface area (Å²) in [5, 5.41) is 37.5. The maximum Gasteiger partial charge on any atom is 0.305 e. The Balaban J connectivity index is 5.48. The average molecular weight is 730 g/mol. The first kappa shape index (κ1) is 45.8. The van der Waals surface area contributed by atoms with Gasteiger partial charge in [0, 0.05) is 26.9 Å². The number of carbonyl (C=O) groups is 10. The van der Waals surface area contributed by atoms with E-state index in [0.717, 1.165) is 0 Å². The van der Waals surface area contributed by atoms with E-state index in [4.69, 9.17) is 5.73 Å². The molecule has 0 aromatic heterocycles. The zero-order valence-electron chi connectivity index (χ0n) is 29.0. The van der Waals surface area contributed by atoms with Crippen molar-refractivity contribution in [2.75, 3.05) is 32.8 Å². The van der Waals surface area contributed by atoms with Gasteiger partial charge < -0.3 is 63.3 Å². The summed E-state index contributed by atoms with van der Waals surface area (Å²) in [6, 6.07) is -6.61. The molecule has 51 heavy (non-hydrogen) atoms. The molecule has 21 heteroatoms. The highest BCUT2D eigenvalue weighted by Crippen LogP contribution is 2.05. The van der Waals surface area contributed by atoms with E-state index in [0.29, 0.717) is 25.8 Å². The van der Waals surface area contributed by atoms with Crippen LogP contribution in [-0.4, -0.2) is 133 Å². The van der Waals surface area contributed by atoms with Gasteiger partial charge in [-0.25, -0.2) is 0 Å². The molecule has 0 aromatic rings. The van der Waals surface area contributed by atoms with Crippen LogP contribution in [0.2, 0.25) is 0 Å². The highest BCUT2D eigenvalue weighted by molar-refractivity contribution is 5.96. The largest absolute Gasteiger partial charge is 0.481 e. The minimum absolute atomic E-state index is 0.0344. The molecule has 0 heterocycles. The highest BCUT2D eigenvalue weighted by atomic mass is 16.4. The Morgan fingerprint density at radius 3 is 1.59 bits per heavy atom. The second-order valence-electron chi connectivity index (χ2n) is 11.4. The number of aliphatic hydroxyl groups excluding tert-OH is 1. The van der Waals surface area contributed by atoms with Crippen molar-refractivity contribution in [1.82, 2.24) is 42.5 Å². The van der Waals surface area contributed by atoms with E-state index < -0.39 is 91.2 Å². The van der Waals surface area contributed by atoms with Crippen LogP contribution in [-0.2, 0) is 47.9 Å². The van der Waals surface area contributed by atoms with Crippen LogP contribution in [0, 0.1) is 0 Å². The fourth-order valence-corrected chi connectivity index (χ4v) is 4.27. The van der Waals surface area contributed by atoms with Crippen molar-refractivity contribution in [3.8, 4) is 0 Å². The fourth-order valence-electron chi connectivity index (χ4n) is 4.27. The van der Waals surface area contributed by atoms with Crippen LogP contribution < -0.4 is 48.3 Å². The molecule has 0 saturated heterocycles. The van der Waals surface area contributed by atoms with Gasteiger partial charge in [0.2, 0.25) is 47.3 Å². The number of amides is 8. The molecule has 0 saturated carbocycles. The van der Waals surface area contributed by atoms with Crippen LogP contribution in [0.15, 0.2) is 0 Å². The molecule has 0 bridgehead atoms. The van der Waals surface area contributed by atoms with E-state index in [1.165, 1.54) is 20.8 Å². The lowest BCUT2D eigenvalue weighted by Crippen LogP contribution is -2.57. The first-order chi connectivity index (χ1) is 24.0. The molecule has 8 amide bonds. The first-order valence-electron chi connectivity index (χ1n) is 16.3. The summed E-state index contributed by atoms with van der Waals surface area (Å²) in [6.07, 6.45) is 1.07. The number of nitrogens with one attached hydrogen (secondary N) is 8. The second-order valence-corrected chi connectivity index (χ2v) is 11.4. The number of unbranched alkanes of at least 4 members (excludes halogenated alkanes) is 2. The Morgan fingerprint density at radius 1 is 0.647 bits per heavy atom. The number of carbonyl (C=O) groups excluding carboxylic acids is 9. The summed E-state index contributed by atoms with van der Waals surface area (Å²) in [6.45, 7) is 2.79. The molecule has 0 fully saturated rings. The zero-order chi connectivity index (χ0) is 38.9. The van der Waals surface area contributed by atoms with Gasteiger partial charge >= 0.3 is 5.97 Å². The predicted molar refractivity (Wildman–Crippen MR) is 178 cm³/mol. The third kappa shape index (κ3) is 21.5. The van der Waals surface area contributed by atoms with Gasteiger partial charge in [0.25, 0.3) is 0 Å². The number of hydrogen-bond donors (Lipinski definition) is 11. The molecule has 21 nitrogen and oxygen atoms in total. The van der Waals surface area contributed by atoms with Crippen molar-refractivity contribution in [2.24, 2.45) is 5.73 Å². The van der Waals surface area contributed by atoms with Crippen LogP contribution in [0.5, 0.6) is 0 Å². The lowest BCUT2D eigenvalue weighted by Gasteiger charge is -2.23. The molecular weight excluding hydrogens is 678 g/mol. The monoisotopic (exact) mass is 729 g/mol. The van der Waals surface area contributed by atoms with Gasteiger partial charge in [0.05, 0.1) is 26.1 Å². The summed E-state index contributed by atoms with van der Waals surface area (Å²) in [4.78, 5) is 121. The summed E-state index contributed by atoms with van der Waals surface area (Å²) in [7, 11) is 0. The summed E-state index contributed by atoms with van der Waals surface area (Å²) in [5.74, 6) is -6.99. The van der Waals surface area contributed by atoms with Gasteiger partial charge in [-0.15, -0.1) is 0 Å². The van der Waals surface area contributed by atoms with Crippen LogP contribution >= 0.6 is 0 Å². The van der Waals surface area contributed by atoms with Gasteiger partial charge in [-0.05, 0) is 45.4 Å². The van der Waals surface area contributed by atoms with Crippen LogP contribution in [0.3, 0.4) is 0 Å². The number of rotatable bonds is 26. The third-order valence-electron chi connectivity index (χ3n) is 6.95. The third-order valence-corrected chi connectivity index (χ3v) is 6.95. The fraction of sp³-hybridized carbons (Fsp3) is 0.667. The quantitative estimate of drug-likeness (QED) is 0.0293. The number of aliphatic hydroxyl groups is 1. The Bertz CT molecular complexity index is 1230. The molecule has 0 rings (SSSR count). The number of nitrogens with two attached hydrogens (primary N) is 1. The van der Waals surface area contributed by atoms with Crippen molar-refractivity contribution in [2.45, 2.75) is 95.9 Å². The van der Waals surface area contributed by atoms with Crippen molar-refractivity contribution >= 4 is 59.5 Å². The van der Waals surface area contributed by atoms with E-state index in [9.17, 15) is 58.2 Å². The molecule has 0 aliphatic carbocycles. The smallest absolute Gasteiger partial charge is 0.305 e. The Labute approximate surface area is 294 Å². The Morgan fingerprint density at radius 2 is 1.14 bits per heavy atom. The SMILES string of the molecule is CC(=O)NCCCC[C@H](NC(=O)CN)C(=O)N[C@@H](C)C(=O)NCC(=O)N[C@@H](CCCCNC(C)=O)C(=O)N[C@@H](CC(=O)O)C(=O)N[C@H](C=O)CO. The maximum absolute atomic E-state index is 13.2. The van der Waals surface area contributed by atoms with Crippen molar-refractivity contribution in [1.29, 1.82) is 0 Å². The molecule has 0 aliphatic heterocycles. The van der Waals surface area contributed by atoms with E-state index in [1.807, 2.05) is 0 Å². The molecular formula is C30H51N9O12. The minimum Gasteiger partial charge on any atom is -0.481 e. The summed E-state index contributed by atoms with van der Waals surface area (Å²) < 4.78 is 0. The maximum atomic E-state index is 13.2. The molecule has 0 spiro atoms. The normalized spacial score (nSPS) is 13.4. The lowest BCUT2D eigenvalue weighted by molar-refractivity contribution is -0.141. The number of hydrogen-bond acceptors (Lipinski definition) is 12. The number of aldehydes is 1.